The summed E-state index contributed by atoms with van der Waals surface area (Å²) >= 11 is 5.78. The zero-order valence-electron chi connectivity index (χ0n) is 11.2. The molecule has 5 heteroatoms. The lowest BCUT2D eigenvalue weighted by atomic mass is 10.1. The second-order valence-electron chi connectivity index (χ2n) is 4.56. The van der Waals surface area contributed by atoms with Gasteiger partial charge in [-0.05, 0) is 48.4 Å². The van der Waals surface area contributed by atoms with Crippen LogP contribution in [0.15, 0.2) is 48.5 Å². The maximum atomic E-state index is 12.1. The third-order valence-corrected chi connectivity index (χ3v) is 3.17. The summed E-state index contributed by atoms with van der Waals surface area (Å²) in [6, 6.07) is 13.8. The van der Waals surface area contributed by atoms with Crippen LogP contribution in [0.2, 0.25) is 5.02 Å². The van der Waals surface area contributed by atoms with Crippen molar-refractivity contribution in [2.24, 2.45) is 0 Å². The van der Waals surface area contributed by atoms with Crippen molar-refractivity contribution < 1.29 is 14.7 Å². The van der Waals surface area contributed by atoms with Crippen molar-refractivity contribution in [3.05, 3.63) is 64.7 Å². The van der Waals surface area contributed by atoms with Crippen LogP contribution in [0.3, 0.4) is 0 Å². The zero-order valence-corrected chi connectivity index (χ0v) is 11.9. The number of nitrogens with one attached hydrogen (secondary N) is 1. The Morgan fingerprint density at radius 1 is 1.10 bits per heavy atom. The van der Waals surface area contributed by atoms with Crippen molar-refractivity contribution in [2.75, 3.05) is 5.32 Å². The first-order valence-electron chi connectivity index (χ1n) is 6.42. The van der Waals surface area contributed by atoms with E-state index in [0.29, 0.717) is 22.7 Å². The third-order valence-electron chi connectivity index (χ3n) is 2.92. The summed E-state index contributed by atoms with van der Waals surface area (Å²) in [7, 11) is 0. The number of benzene rings is 2. The van der Waals surface area contributed by atoms with Crippen LogP contribution in [0.25, 0.3) is 0 Å². The summed E-state index contributed by atoms with van der Waals surface area (Å²) in [5.74, 6) is -1.08. The molecule has 2 N–H and O–H groups in total. The molecule has 0 aliphatic rings. The number of aliphatic carboxylic acids is 1. The Morgan fingerprint density at radius 2 is 1.81 bits per heavy atom. The molecule has 4 nitrogen and oxygen atoms in total. The summed E-state index contributed by atoms with van der Waals surface area (Å²) in [6.07, 6.45) is 0.495. The van der Waals surface area contributed by atoms with Crippen molar-refractivity contribution in [2.45, 2.75) is 12.8 Å². The van der Waals surface area contributed by atoms with Gasteiger partial charge < -0.3 is 10.4 Å². The Kier molecular flexibility index (Phi) is 4.95. The van der Waals surface area contributed by atoms with Crippen molar-refractivity contribution in [3.8, 4) is 0 Å². The molecule has 0 heterocycles. The molecule has 0 aliphatic carbocycles. The van der Waals surface area contributed by atoms with Crippen LogP contribution >= 0.6 is 11.6 Å². The molecule has 108 valence electrons. The minimum atomic E-state index is -0.842. The van der Waals surface area contributed by atoms with Gasteiger partial charge in [-0.2, -0.15) is 0 Å². The highest BCUT2D eigenvalue weighted by Crippen LogP contribution is 2.15. The molecule has 2 rings (SSSR count). The number of carbonyl (C=O) groups is 2. The summed E-state index contributed by atoms with van der Waals surface area (Å²) in [5.41, 5.74) is 2.01. The molecular weight excluding hydrogens is 290 g/mol. The molecule has 0 radical (unpaired) electrons. The number of rotatable bonds is 5. The van der Waals surface area contributed by atoms with Gasteiger partial charge in [0.1, 0.15) is 0 Å². The molecule has 2 aromatic rings. The van der Waals surface area contributed by atoms with E-state index in [4.69, 9.17) is 16.7 Å². The Labute approximate surface area is 127 Å². The highest BCUT2D eigenvalue weighted by Gasteiger charge is 2.06. The second kappa shape index (κ2) is 6.90. The summed E-state index contributed by atoms with van der Waals surface area (Å²) in [5, 5.41) is 12.0. The van der Waals surface area contributed by atoms with E-state index in [-0.39, 0.29) is 12.3 Å². The van der Waals surface area contributed by atoms with E-state index in [1.807, 2.05) is 6.07 Å². The maximum absolute atomic E-state index is 12.1. The fourth-order valence-electron chi connectivity index (χ4n) is 1.86. The fourth-order valence-corrected chi connectivity index (χ4v) is 1.99. The Hall–Kier alpha value is -2.33. The monoisotopic (exact) mass is 303 g/mol. The van der Waals surface area contributed by atoms with Gasteiger partial charge in [-0.1, -0.05) is 23.7 Å². The van der Waals surface area contributed by atoms with E-state index < -0.39 is 5.97 Å². The van der Waals surface area contributed by atoms with Gasteiger partial charge in [0.25, 0.3) is 5.91 Å². The van der Waals surface area contributed by atoms with Gasteiger partial charge in [-0.25, -0.2) is 0 Å². The fraction of sp³-hybridized carbons (Fsp3) is 0.125. The van der Waals surface area contributed by atoms with Crippen molar-refractivity contribution >= 4 is 29.2 Å². The van der Waals surface area contributed by atoms with Gasteiger partial charge in [-0.3, -0.25) is 9.59 Å². The first-order valence-corrected chi connectivity index (χ1v) is 6.80. The van der Waals surface area contributed by atoms with E-state index in [1.54, 1.807) is 42.5 Å². The molecule has 0 aliphatic heterocycles. The first-order chi connectivity index (χ1) is 10.0. The SMILES string of the molecule is O=C(O)CCc1cccc(NC(=O)c2ccc(Cl)cc2)c1. The quantitative estimate of drug-likeness (QED) is 0.886. The van der Waals surface area contributed by atoms with Crippen molar-refractivity contribution in [3.63, 3.8) is 0 Å². The van der Waals surface area contributed by atoms with Gasteiger partial charge in [-0.15, -0.1) is 0 Å². The number of aryl methyl sites for hydroxylation is 1. The standard InChI is InChI=1S/C16H14ClNO3/c17-13-7-5-12(6-8-13)16(21)18-14-3-1-2-11(10-14)4-9-15(19)20/h1-3,5-8,10H,4,9H2,(H,18,21)(H,19,20). The van der Waals surface area contributed by atoms with Crippen LogP contribution < -0.4 is 5.32 Å². The zero-order chi connectivity index (χ0) is 15.2. The maximum Gasteiger partial charge on any atom is 0.303 e. The van der Waals surface area contributed by atoms with Crippen LogP contribution in [0.1, 0.15) is 22.3 Å². The van der Waals surface area contributed by atoms with Crippen LogP contribution in [0.4, 0.5) is 5.69 Å². The van der Waals surface area contributed by atoms with Crippen molar-refractivity contribution in [1.82, 2.24) is 0 Å². The average Bonchev–Trinajstić information content (AvgIpc) is 2.46. The van der Waals surface area contributed by atoms with E-state index in [0.717, 1.165) is 5.56 Å². The lowest BCUT2D eigenvalue weighted by Gasteiger charge is -2.07. The number of hydrogen-bond donors (Lipinski definition) is 2. The average molecular weight is 304 g/mol. The Balaban J connectivity index is 2.05. The largest absolute Gasteiger partial charge is 0.481 e. The van der Waals surface area contributed by atoms with E-state index in [2.05, 4.69) is 5.32 Å². The molecule has 0 atom stereocenters. The molecule has 0 saturated carbocycles. The molecule has 0 spiro atoms. The molecule has 21 heavy (non-hydrogen) atoms. The van der Waals surface area contributed by atoms with Gasteiger partial charge >= 0.3 is 5.97 Å². The first kappa shape index (κ1) is 15.1. The van der Waals surface area contributed by atoms with Crippen LogP contribution in [0.5, 0.6) is 0 Å². The van der Waals surface area contributed by atoms with E-state index in [9.17, 15) is 9.59 Å². The predicted molar refractivity (Wildman–Crippen MR) is 81.8 cm³/mol. The summed E-state index contributed by atoms with van der Waals surface area (Å²) < 4.78 is 0. The topological polar surface area (TPSA) is 66.4 Å². The third kappa shape index (κ3) is 4.61. The number of hydrogen-bond acceptors (Lipinski definition) is 2. The molecule has 0 fully saturated rings. The number of carbonyl (C=O) groups excluding carboxylic acids is 1. The van der Waals surface area contributed by atoms with Crippen LogP contribution in [-0.4, -0.2) is 17.0 Å². The highest BCUT2D eigenvalue weighted by molar-refractivity contribution is 6.30. The summed E-state index contributed by atoms with van der Waals surface area (Å²) in [4.78, 5) is 22.6. The molecule has 2 aromatic carbocycles. The molecular formula is C16H14ClNO3. The number of anilines is 1. The van der Waals surface area contributed by atoms with Crippen LogP contribution in [-0.2, 0) is 11.2 Å². The van der Waals surface area contributed by atoms with Gasteiger partial charge in [0.2, 0.25) is 0 Å². The number of amides is 1. The molecule has 0 bridgehead atoms. The molecule has 1 amide bonds. The van der Waals surface area contributed by atoms with Gasteiger partial charge in [0.05, 0.1) is 0 Å². The smallest absolute Gasteiger partial charge is 0.303 e. The van der Waals surface area contributed by atoms with Gasteiger partial charge in [0, 0.05) is 22.7 Å². The van der Waals surface area contributed by atoms with Crippen LogP contribution in [0, 0.1) is 0 Å². The number of carboxylic acids is 1. The number of carboxylic acid groups (broad SMARTS) is 1. The summed E-state index contributed by atoms with van der Waals surface area (Å²) in [6.45, 7) is 0. The second-order valence-corrected chi connectivity index (χ2v) is 4.99. The Morgan fingerprint density at radius 3 is 2.48 bits per heavy atom. The normalized spacial score (nSPS) is 10.1. The predicted octanol–water partition coefficient (Wildman–Crippen LogP) is 3.61. The highest BCUT2D eigenvalue weighted by atomic mass is 35.5. The Bertz CT molecular complexity index is 653. The minimum Gasteiger partial charge on any atom is -0.481 e. The minimum absolute atomic E-state index is 0.0641. The van der Waals surface area contributed by atoms with Gasteiger partial charge in [0.15, 0.2) is 0 Å². The molecule has 0 aromatic heterocycles. The van der Waals surface area contributed by atoms with E-state index in [1.165, 1.54) is 0 Å². The lowest BCUT2D eigenvalue weighted by Crippen LogP contribution is -2.11. The number of halogens is 1. The lowest BCUT2D eigenvalue weighted by molar-refractivity contribution is -0.136. The molecule has 0 saturated heterocycles. The van der Waals surface area contributed by atoms with Crippen molar-refractivity contribution in [1.29, 1.82) is 0 Å². The van der Waals surface area contributed by atoms with E-state index >= 15 is 0 Å². The molecule has 0 unspecified atom stereocenters.